The molecule has 0 saturated carbocycles. The van der Waals surface area contributed by atoms with E-state index < -0.39 is 0 Å². The van der Waals surface area contributed by atoms with E-state index in [1.807, 2.05) is 6.92 Å². The van der Waals surface area contributed by atoms with Gasteiger partial charge < -0.3 is 9.84 Å². The van der Waals surface area contributed by atoms with Crippen LogP contribution in [0.5, 0.6) is 5.75 Å². The zero-order valence-corrected chi connectivity index (χ0v) is 20.4. The molecular weight excluding hydrogens is 423 g/mol. The lowest BCUT2D eigenvalue weighted by Crippen LogP contribution is -2.34. The fourth-order valence-electron chi connectivity index (χ4n) is 3.42. The van der Waals surface area contributed by atoms with Crippen LogP contribution in [0.25, 0.3) is 0 Å². The Morgan fingerprint density at radius 3 is 2.33 bits per heavy atom. The molecule has 0 unspecified atom stereocenters. The molecule has 0 bridgehead atoms. The second kappa shape index (κ2) is 18.3. The summed E-state index contributed by atoms with van der Waals surface area (Å²) in [4.78, 5) is 32.0. The quantitative estimate of drug-likeness (QED) is 0.176. The zero-order chi connectivity index (χ0) is 24.3. The number of hydrogen-bond acceptors (Lipinski definition) is 5. The van der Waals surface area contributed by atoms with Gasteiger partial charge in [0.05, 0.1) is 13.3 Å². The van der Waals surface area contributed by atoms with Gasteiger partial charge in [0, 0.05) is 25.1 Å². The summed E-state index contributed by atoms with van der Waals surface area (Å²) < 4.78 is 17.8. The number of ether oxygens (including phenoxy) is 1. The number of halogens is 1. The van der Waals surface area contributed by atoms with Gasteiger partial charge in [-0.05, 0) is 69.5 Å². The molecule has 1 rings (SSSR count). The molecule has 0 saturated heterocycles. The lowest BCUT2D eigenvalue weighted by atomic mass is 10.1. The number of aliphatic imine (C=N–C) groups is 1. The Balaban J connectivity index is 2.82. The van der Waals surface area contributed by atoms with E-state index in [-0.39, 0.29) is 30.7 Å². The molecule has 0 aliphatic heterocycles. The Labute approximate surface area is 198 Å². The first-order chi connectivity index (χ1) is 16.0. The van der Waals surface area contributed by atoms with Crippen LogP contribution in [0, 0.1) is 0 Å². The number of aliphatic hydroxyl groups is 1. The summed E-state index contributed by atoms with van der Waals surface area (Å²) in [5, 5.41) is 8.83. The van der Waals surface area contributed by atoms with Crippen LogP contribution < -0.4 is 4.74 Å². The van der Waals surface area contributed by atoms with Gasteiger partial charge in [-0.3, -0.25) is 18.9 Å². The summed E-state index contributed by atoms with van der Waals surface area (Å²) in [6.07, 6.45) is 6.75. The average molecular weight is 465 g/mol. The summed E-state index contributed by atoms with van der Waals surface area (Å²) >= 11 is 0. The maximum atomic E-state index is 13.2. The monoisotopic (exact) mass is 464 g/mol. The maximum Gasteiger partial charge on any atom is 0.246 e. The summed E-state index contributed by atoms with van der Waals surface area (Å²) in [5.41, 5.74) is 0.737. The van der Waals surface area contributed by atoms with E-state index >= 15 is 0 Å². The highest BCUT2D eigenvalue weighted by Gasteiger charge is 2.19. The number of rotatable bonds is 19. The first-order valence-electron chi connectivity index (χ1n) is 12.3. The Bertz CT molecular complexity index is 707. The molecule has 186 valence electrons. The minimum absolute atomic E-state index is 0.201. The molecule has 0 aliphatic carbocycles. The fourth-order valence-corrected chi connectivity index (χ4v) is 3.42. The summed E-state index contributed by atoms with van der Waals surface area (Å²) in [5.74, 6) is 0.119. The number of carbonyl (C=O) groups excluding carboxylic acids is 2. The van der Waals surface area contributed by atoms with Crippen LogP contribution in [0.3, 0.4) is 0 Å². The minimum Gasteiger partial charge on any atom is -0.494 e. The van der Waals surface area contributed by atoms with Crippen molar-refractivity contribution < 1.29 is 23.8 Å². The van der Waals surface area contributed by atoms with Crippen molar-refractivity contribution >= 4 is 17.4 Å². The summed E-state index contributed by atoms with van der Waals surface area (Å²) in [6, 6.07) is 6.81. The number of carbonyl (C=O) groups is 2. The number of Topliss-reactive ketones (excluding diaryl/α,β-unsaturated/α-hetero) is 1. The molecule has 1 amide bonds. The predicted octanol–water partition coefficient (Wildman–Crippen LogP) is 5.03. The molecule has 0 aliphatic rings. The third-order valence-corrected chi connectivity index (χ3v) is 5.34. The smallest absolute Gasteiger partial charge is 0.246 e. The lowest BCUT2D eigenvalue weighted by molar-refractivity contribution is -0.117. The van der Waals surface area contributed by atoms with Crippen LogP contribution in [0.2, 0.25) is 0 Å². The standard InChI is InChI=1S/C26H41FN2O4/c1-3-18-29(4-2)21-24(28-25(31)12-8-6-5-7-10-19-30)26(32)22-13-15-23(16-14-22)33-20-11-9-17-27/h13-16,30H,3-12,17-21H2,1-2H3/b28-24+. The zero-order valence-electron chi connectivity index (χ0n) is 20.4. The number of aliphatic hydroxyl groups excluding tert-OH is 1. The van der Waals surface area contributed by atoms with E-state index in [1.165, 1.54) is 0 Å². The van der Waals surface area contributed by atoms with Crippen LogP contribution >= 0.6 is 0 Å². The number of hydrogen-bond donors (Lipinski definition) is 1. The highest BCUT2D eigenvalue weighted by atomic mass is 19.1. The van der Waals surface area contributed by atoms with Crippen LogP contribution in [0.4, 0.5) is 4.39 Å². The molecule has 0 heterocycles. The van der Waals surface area contributed by atoms with Gasteiger partial charge in [0.25, 0.3) is 0 Å². The van der Waals surface area contributed by atoms with Gasteiger partial charge in [-0.1, -0.05) is 33.1 Å². The number of unbranched alkanes of at least 4 members (excludes halogenated alkanes) is 5. The number of nitrogens with zero attached hydrogens (tertiary/aromatic N) is 2. The molecule has 7 heteroatoms. The first-order valence-corrected chi connectivity index (χ1v) is 12.3. The van der Waals surface area contributed by atoms with Crippen molar-refractivity contribution in [2.24, 2.45) is 4.99 Å². The fraction of sp³-hybridized carbons (Fsp3) is 0.654. The van der Waals surface area contributed by atoms with Crippen molar-refractivity contribution in [3.05, 3.63) is 29.8 Å². The molecule has 0 radical (unpaired) electrons. The topological polar surface area (TPSA) is 79.2 Å². The van der Waals surface area contributed by atoms with Crippen LogP contribution in [0.1, 0.15) is 82.0 Å². The molecule has 6 nitrogen and oxygen atoms in total. The first kappa shape index (κ1) is 28.9. The van der Waals surface area contributed by atoms with Gasteiger partial charge in [0.1, 0.15) is 11.5 Å². The largest absolute Gasteiger partial charge is 0.494 e. The van der Waals surface area contributed by atoms with E-state index in [9.17, 15) is 14.0 Å². The number of benzene rings is 1. The molecule has 1 aromatic rings. The van der Waals surface area contributed by atoms with Gasteiger partial charge in [-0.15, -0.1) is 0 Å². The van der Waals surface area contributed by atoms with Crippen molar-refractivity contribution in [1.29, 1.82) is 0 Å². The van der Waals surface area contributed by atoms with Crippen molar-refractivity contribution in [3.63, 3.8) is 0 Å². The van der Waals surface area contributed by atoms with Crippen LogP contribution in [-0.4, -0.2) is 66.9 Å². The van der Waals surface area contributed by atoms with Crippen molar-refractivity contribution in [1.82, 2.24) is 4.90 Å². The molecule has 0 atom stereocenters. The Hall–Kier alpha value is -2.12. The van der Waals surface area contributed by atoms with E-state index in [2.05, 4.69) is 16.8 Å². The van der Waals surface area contributed by atoms with E-state index in [4.69, 9.17) is 9.84 Å². The molecular formula is C26H41FN2O4. The van der Waals surface area contributed by atoms with E-state index in [1.54, 1.807) is 24.3 Å². The summed E-state index contributed by atoms with van der Waals surface area (Å²) in [6.45, 7) is 6.32. The average Bonchev–Trinajstić information content (AvgIpc) is 2.83. The van der Waals surface area contributed by atoms with Gasteiger partial charge in [0.15, 0.2) is 0 Å². The Morgan fingerprint density at radius 1 is 1.00 bits per heavy atom. The number of ketones is 1. The van der Waals surface area contributed by atoms with Gasteiger partial charge in [-0.25, -0.2) is 4.99 Å². The third kappa shape index (κ3) is 12.6. The number of alkyl halides is 1. The van der Waals surface area contributed by atoms with E-state index in [0.29, 0.717) is 43.7 Å². The molecule has 1 aromatic carbocycles. The van der Waals surface area contributed by atoms with E-state index in [0.717, 1.165) is 51.6 Å². The van der Waals surface area contributed by atoms with Gasteiger partial charge in [0.2, 0.25) is 11.7 Å². The normalized spacial score (nSPS) is 11.7. The molecule has 0 spiro atoms. The Kier molecular flexibility index (Phi) is 16.1. The third-order valence-electron chi connectivity index (χ3n) is 5.34. The summed E-state index contributed by atoms with van der Waals surface area (Å²) in [7, 11) is 0. The van der Waals surface area contributed by atoms with Gasteiger partial charge >= 0.3 is 0 Å². The highest BCUT2D eigenvalue weighted by molar-refractivity contribution is 6.47. The Morgan fingerprint density at radius 2 is 1.70 bits per heavy atom. The minimum atomic E-state index is -0.353. The second-order valence-electron chi connectivity index (χ2n) is 8.16. The molecule has 0 fully saturated rings. The van der Waals surface area contributed by atoms with Crippen molar-refractivity contribution in [2.45, 2.75) is 71.6 Å². The highest BCUT2D eigenvalue weighted by Crippen LogP contribution is 2.15. The molecule has 1 N–H and O–H groups in total. The number of amides is 1. The lowest BCUT2D eigenvalue weighted by Gasteiger charge is -2.20. The maximum absolute atomic E-state index is 13.2. The second-order valence-corrected chi connectivity index (χ2v) is 8.16. The predicted molar refractivity (Wildman–Crippen MR) is 131 cm³/mol. The van der Waals surface area contributed by atoms with Crippen LogP contribution in [0.15, 0.2) is 29.3 Å². The SMILES string of the molecule is CCCN(CC)C/C(=N\C(=O)CCCCCCCO)C(=O)c1ccc(OCCCCF)cc1. The molecule has 0 aromatic heterocycles. The molecule has 33 heavy (non-hydrogen) atoms. The van der Waals surface area contributed by atoms with Crippen LogP contribution in [-0.2, 0) is 4.79 Å². The van der Waals surface area contributed by atoms with Crippen molar-refractivity contribution in [3.8, 4) is 5.75 Å². The van der Waals surface area contributed by atoms with Crippen molar-refractivity contribution in [2.75, 3.05) is 39.5 Å². The van der Waals surface area contributed by atoms with Gasteiger partial charge in [-0.2, -0.15) is 0 Å².